The van der Waals surface area contributed by atoms with E-state index in [4.69, 9.17) is 4.74 Å². The second-order valence-corrected chi connectivity index (χ2v) is 3.68. The Bertz CT molecular complexity index is 430. The van der Waals surface area contributed by atoms with Crippen LogP contribution in [-0.4, -0.2) is 34.3 Å². The standard InChI is InChI=1S/C10H16N4O4/c1-3-4-5-11-9(15)7-13-6-8(14(16)17)10(12-13)18-2/h6H,3-5,7H2,1-2H3,(H,11,15). The Balaban J connectivity index is 2.62. The Morgan fingerprint density at radius 3 is 2.89 bits per heavy atom. The van der Waals surface area contributed by atoms with Gasteiger partial charge in [-0.3, -0.25) is 19.6 Å². The summed E-state index contributed by atoms with van der Waals surface area (Å²) in [6, 6.07) is 0. The number of nitro groups is 1. The van der Waals surface area contributed by atoms with Crippen LogP contribution in [0.25, 0.3) is 0 Å². The van der Waals surface area contributed by atoms with Crippen LogP contribution in [0.1, 0.15) is 19.8 Å². The molecule has 1 aromatic heterocycles. The Labute approximate surface area is 104 Å². The molecule has 18 heavy (non-hydrogen) atoms. The molecule has 0 aromatic carbocycles. The van der Waals surface area contributed by atoms with Gasteiger partial charge < -0.3 is 10.1 Å². The average molecular weight is 256 g/mol. The van der Waals surface area contributed by atoms with E-state index in [1.165, 1.54) is 18.0 Å². The van der Waals surface area contributed by atoms with Gasteiger partial charge in [-0.1, -0.05) is 13.3 Å². The van der Waals surface area contributed by atoms with Crippen LogP contribution in [0.3, 0.4) is 0 Å². The van der Waals surface area contributed by atoms with Gasteiger partial charge in [0.05, 0.1) is 12.0 Å². The number of carbonyl (C=O) groups excluding carboxylic acids is 1. The molecular formula is C10H16N4O4. The van der Waals surface area contributed by atoms with Crippen molar-refractivity contribution in [3.8, 4) is 5.88 Å². The molecule has 8 nitrogen and oxygen atoms in total. The predicted octanol–water partition coefficient (Wildman–Crippen LogP) is 0.716. The van der Waals surface area contributed by atoms with E-state index in [1.807, 2.05) is 6.92 Å². The van der Waals surface area contributed by atoms with Crippen LogP contribution in [0.15, 0.2) is 6.20 Å². The molecule has 1 heterocycles. The predicted molar refractivity (Wildman–Crippen MR) is 63.4 cm³/mol. The fraction of sp³-hybridized carbons (Fsp3) is 0.600. The van der Waals surface area contributed by atoms with Gasteiger partial charge in [-0.2, -0.15) is 0 Å². The molecule has 0 radical (unpaired) electrons. The molecule has 0 fully saturated rings. The number of ether oxygens (including phenoxy) is 1. The monoisotopic (exact) mass is 256 g/mol. The zero-order chi connectivity index (χ0) is 13.5. The number of methoxy groups -OCH3 is 1. The Morgan fingerprint density at radius 1 is 1.67 bits per heavy atom. The van der Waals surface area contributed by atoms with Gasteiger partial charge in [-0.15, -0.1) is 5.10 Å². The third-order valence-electron chi connectivity index (χ3n) is 2.26. The Hall–Kier alpha value is -2.12. The van der Waals surface area contributed by atoms with Gasteiger partial charge in [-0.05, 0) is 6.42 Å². The van der Waals surface area contributed by atoms with Crippen molar-refractivity contribution in [1.29, 1.82) is 0 Å². The highest BCUT2D eigenvalue weighted by atomic mass is 16.6. The number of amides is 1. The summed E-state index contributed by atoms with van der Waals surface area (Å²) in [4.78, 5) is 21.5. The zero-order valence-electron chi connectivity index (χ0n) is 10.4. The largest absolute Gasteiger partial charge is 0.475 e. The van der Waals surface area contributed by atoms with Crippen molar-refractivity contribution in [3.05, 3.63) is 16.3 Å². The molecule has 0 spiro atoms. The molecule has 0 saturated heterocycles. The third kappa shape index (κ3) is 3.72. The van der Waals surface area contributed by atoms with Crippen LogP contribution in [0.5, 0.6) is 5.88 Å². The number of aromatic nitrogens is 2. The fourth-order valence-electron chi connectivity index (χ4n) is 1.35. The summed E-state index contributed by atoms with van der Waals surface area (Å²) in [6.45, 7) is 2.55. The van der Waals surface area contributed by atoms with E-state index < -0.39 is 4.92 Å². The normalized spacial score (nSPS) is 10.1. The van der Waals surface area contributed by atoms with E-state index in [-0.39, 0.29) is 24.0 Å². The van der Waals surface area contributed by atoms with E-state index in [1.54, 1.807) is 0 Å². The smallest absolute Gasteiger partial charge is 0.350 e. The highest BCUT2D eigenvalue weighted by Gasteiger charge is 2.20. The van der Waals surface area contributed by atoms with E-state index >= 15 is 0 Å². The van der Waals surface area contributed by atoms with Crippen molar-refractivity contribution >= 4 is 11.6 Å². The molecule has 0 unspecified atom stereocenters. The van der Waals surface area contributed by atoms with E-state index in [0.717, 1.165) is 12.8 Å². The van der Waals surface area contributed by atoms with Crippen molar-refractivity contribution in [2.24, 2.45) is 0 Å². The summed E-state index contributed by atoms with van der Waals surface area (Å²) >= 11 is 0. The average Bonchev–Trinajstić information content (AvgIpc) is 2.72. The molecule has 0 bridgehead atoms. The summed E-state index contributed by atoms with van der Waals surface area (Å²) in [6.07, 6.45) is 3.06. The maximum Gasteiger partial charge on any atom is 0.350 e. The minimum atomic E-state index is -0.600. The van der Waals surface area contributed by atoms with Gasteiger partial charge in [0.15, 0.2) is 0 Å². The first-order valence-corrected chi connectivity index (χ1v) is 5.61. The Kier molecular flexibility index (Phi) is 5.09. The van der Waals surface area contributed by atoms with Crippen LogP contribution >= 0.6 is 0 Å². The summed E-state index contributed by atoms with van der Waals surface area (Å²) in [5.41, 5.74) is -0.251. The first kappa shape index (κ1) is 13.9. The van der Waals surface area contributed by atoms with Crippen molar-refractivity contribution in [2.75, 3.05) is 13.7 Å². The number of rotatable bonds is 7. The van der Waals surface area contributed by atoms with Crippen LogP contribution in [0.2, 0.25) is 0 Å². The highest BCUT2D eigenvalue weighted by molar-refractivity contribution is 5.75. The fourth-order valence-corrected chi connectivity index (χ4v) is 1.35. The second-order valence-electron chi connectivity index (χ2n) is 3.68. The molecule has 0 aliphatic rings. The van der Waals surface area contributed by atoms with Crippen molar-refractivity contribution in [2.45, 2.75) is 26.3 Å². The minimum Gasteiger partial charge on any atom is -0.475 e. The van der Waals surface area contributed by atoms with E-state index in [0.29, 0.717) is 6.54 Å². The lowest BCUT2D eigenvalue weighted by molar-refractivity contribution is -0.385. The topological polar surface area (TPSA) is 99.3 Å². The van der Waals surface area contributed by atoms with Gasteiger partial charge in [0.25, 0.3) is 0 Å². The minimum absolute atomic E-state index is 0.0616. The molecule has 0 aliphatic heterocycles. The first-order chi connectivity index (χ1) is 8.58. The number of unbranched alkanes of at least 4 members (excludes halogenated alkanes) is 1. The van der Waals surface area contributed by atoms with Gasteiger partial charge in [0.2, 0.25) is 5.91 Å². The number of nitrogens with zero attached hydrogens (tertiary/aromatic N) is 3. The summed E-state index contributed by atoms with van der Waals surface area (Å²) in [7, 11) is 1.29. The van der Waals surface area contributed by atoms with Crippen molar-refractivity contribution in [1.82, 2.24) is 15.1 Å². The summed E-state index contributed by atoms with van der Waals surface area (Å²) in [5.74, 6) is -0.329. The SMILES string of the molecule is CCCCNC(=O)Cn1cc([N+](=O)[O-])c(OC)n1. The third-order valence-corrected chi connectivity index (χ3v) is 2.26. The molecule has 1 aromatic rings. The molecule has 1 rings (SSSR count). The molecule has 1 amide bonds. The molecule has 8 heteroatoms. The molecule has 0 saturated carbocycles. The van der Waals surface area contributed by atoms with Crippen LogP contribution in [0.4, 0.5) is 5.69 Å². The first-order valence-electron chi connectivity index (χ1n) is 5.61. The lowest BCUT2D eigenvalue weighted by Crippen LogP contribution is -2.28. The molecule has 100 valence electrons. The number of hydrogen-bond donors (Lipinski definition) is 1. The quantitative estimate of drug-likeness (QED) is 0.440. The van der Waals surface area contributed by atoms with Gasteiger partial charge in [-0.25, -0.2) is 0 Å². The van der Waals surface area contributed by atoms with Crippen molar-refractivity contribution in [3.63, 3.8) is 0 Å². The lowest BCUT2D eigenvalue weighted by atomic mass is 10.3. The van der Waals surface area contributed by atoms with E-state index in [9.17, 15) is 14.9 Å². The Morgan fingerprint density at radius 2 is 2.39 bits per heavy atom. The van der Waals surface area contributed by atoms with Gasteiger partial charge >= 0.3 is 11.6 Å². The van der Waals surface area contributed by atoms with Crippen LogP contribution < -0.4 is 10.1 Å². The van der Waals surface area contributed by atoms with Crippen LogP contribution in [-0.2, 0) is 11.3 Å². The highest BCUT2D eigenvalue weighted by Crippen LogP contribution is 2.23. The number of carbonyl (C=O) groups is 1. The van der Waals surface area contributed by atoms with Gasteiger partial charge in [0, 0.05) is 6.54 Å². The summed E-state index contributed by atoms with van der Waals surface area (Å²) < 4.78 is 5.95. The maximum atomic E-state index is 11.5. The molecule has 0 atom stereocenters. The number of hydrogen-bond acceptors (Lipinski definition) is 5. The summed E-state index contributed by atoms with van der Waals surface area (Å²) in [5, 5.41) is 17.2. The molecule has 0 aliphatic carbocycles. The van der Waals surface area contributed by atoms with Crippen molar-refractivity contribution < 1.29 is 14.5 Å². The second kappa shape index (κ2) is 6.58. The number of nitrogens with one attached hydrogen (secondary N) is 1. The zero-order valence-corrected chi connectivity index (χ0v) is 10.4. The molecule has 1 N–H and O–H groups in total. The van der Waals surface area contributed by atoms with Crippen LogP contribution in [0, 0.1) is 10.1 Å². The maximum absolute atomic E-state index is 11.5. The van der Waals surface area contributed by atoms with Gasteiger partial charge in [0.1, 0.15) is 12.7 Å². The van der Waals surface area contributed by atoms with E-state index in [2.05, 4.69) is 10.4 Å². The molecular weight excluding hydrogens is 240 g/mol. The lowest BCUT2D eigenvalue weighted by Gasteiger charge is -2.03.